The van der Waals surface area contributed by atoms with Crippen LogP contribution in [0.25, 0.3) is 0 Å². The maximum atomic E-state index is 11.8. The standard InChI is InChI=1S/C14H13N3O2S/c1-20-11-6-4-5-10(9-11)16-13(18)14(19)17-12-7-2-3-8-15-12/h2-9H,1H3,(H,16,18)(H,15,17,19). The molecule has 102 valence electrons. The lowest BCUT2D eigenvalue weighted by atomic mass is 10.3. The molecule has 0 spiro atoms. The molecule has 0 bridgehead atoms. The molecule has 0 radical (unpaired) electrons. The molecule has 0 aliphatic carbocycles. The van der Waals surface area contributed by atoms with E-state index >= 15 is 0 Å². The van der Waals surface area contributed by atoms with E-state index in [4.69, 9.17) is 0 Å². The van der Waals surface area contributed by atoms with Gasteiger partial charge in [0, 0.05) is 16.8 Å². The Morgan fingerprint density at radius 2 is 1.85 bits per heavy atom. The topological polar surface area (TPSA) is 71.1 Å². The molecule has 2 aromatic rings. The average Bonchev–Trinajstić information content (AvgIpc) is 2.48. The molecule has 0 aliphatic heterocycles. The molecule has 1 aromatic carbocycles. The zero-order valence-corrected chi connectivity index (χ0v) is 11.6. The third kappa shape index (κ3) is 3.83. The van der Waals surface area contributed by atoms with E-state index in [1.165, 1.54) is 6.20 Å². The molecule has 0 saturated carbocycles. The normalized spacial score (nSPS) is 9.85. The Kier molecular flexibility index (Phi) is 4.73. The van der Waals surface area contributed by atoms with E-state index in [0.29, 0.717) is 11.5 Å². The number of hydrogen-bond donors (Lipinski definition) is 2. The number of amides is 2. The van der Waals surface area contributed by atoms with Crippen molar-refractivity contribution in [1.29, 1.82) is 0 Å². The molecule has 0 unspecified atom stereocenters. The van der Waals surface area contributed by atoms with E-state index in [-0.39, 0.29) is 0 Å². The van der Waals surface area contributed by atoms with Gasteiger partial charge in [-0.3, -0.25) is 9.59 Å². The summed E-state index contributed by atoms with van der Waals surface area (Å²) in [6.07, 6.45) is 3.48. The second-order valence-electron chi connectivity index (χ2n) is 3.86. The Morgan fingerprint density at radius 1 is 1.05 bits per heavy atom. The predicted molar refractivity (Wildman–Crippen MR) is 79.7 cm³/mol. The van der Waals surface area contributed by atoms with Gasteiger partial charge >= 0.3 is 11.8 Å². The molecule has 2 N–H and O–H groups in total. The van der Waals surface area contributed by atoms with Crippen LogP contribution in [0.1, 0.15) is 0 Å². The number of nitrogens with zero attached hydrogens (tertiary/aromatic N) is 1. The fraction of sp³-hybridized carbons (Fsp3) is 0.0714. The van der Waals surface area contributed by atoms with Crippen LogP contribution in [0.3, 0.4) is 0 Å². The molecule has 0 saturated heterocycles. The van der Waals surface area contributed by atoms with E-state index in [2.05, 4.69) is 15.6 Å². The van der Waals surface area contributed by atoms with Gasteiger partial charge in [0.05, 0.1) is 0 Å². The number of anilines is 2. The smallest absolute Gasteiger partial charge is 0.315 e. The van der Waals surface area contributed by atoms with E-state index < -0.39 is 11.8 Å². The highest BCUT2D eigenvalue weighted by molar-refractivity contribution is 7.98. The van der Waals surface area contributed by atoms with Gasteiger partial charge in [-0.2, -0.15) is 0 Å². The van der Waals surface area contributed by atoms with Crippen LogP contribution in [0.5, 0.6) is 0 Å². The molecule has 0 aliphatic rings. The molecule has 2 rings (SSSR count). The summed E-state index contributed by atoms with van der Waals surface area (Å²) >= 11 is 1.56. The van der Waals surface area contributed by atoms with Gasteiger partial charge in [-0.1, -0.05) is 12.1 Å². The molecule has 1 heterocycles. The Labute approximate surface area is 120 Å². The molecule has 0 fully saturated rings. The minimum Gasteiger partial charge on any atom is -0.318 e. The molecular formula is C14H13N3O2S. The first-order chi connectivity index (χ1) is 9.69. The van der Waals surface area contributed by atoms with E-state index in [1.807, 2.05) is 18.4 Å². The molecule has 0 atom stereocenters. The van der Waals surface area contributed by atoms with E-state index in [1.54, 1.807) is 42.1 Å². The molecule has 5 nitrogen and oxygen atoms in total. The third-order valence-corrected chi connectivity index (χ3v) is 3.17. The van der Waals surface area contributed by atoms with Crippen molar-refractivity contribution >= 4 is 35.1 Å². The van der Waals surface area contributed by atoms with Gasteiger partial charge in [0.1, 0.15) is 5.82 Å². The highest BCUT2D eigenvalue weighted by atomic mass is 32.2. The van der Waals surface area contributed by atoms with E-state index in [9.17, 15) is 9.59 Å². The van der Waals surface area contributed by atoms with Crippen LogP contribution < -0.4 is 10.6 Å². The predicted octanol–water partition coefficient (Wildman–Crippen LogP) is 2.38. The summed E-state index contributed by atoms with van der Waals surface area (Å²) in [5, 5.41) is 4.97. The lowest BCUT2D eigenvalue weighted by Gasteiger charge is -2.06. The quantitative estimate of drug-likeness (QED) is 0.671. The van der Waals surface area contributed by atoms with Crippen LogP contribution in [0.4, 0.5) is 11.5 Å². The molecule has 1 aromatic heterocycles. The van der Waals surface area contributed by atoms with Gasteiger partial charge < -0.3 is 10.6 Å². The number of nitrogens with one attached hydrogen (secondary N) is 2. The summed E-state index contributed by atoms with van der Waals surface area (Å²) in [7, 11) is 0. The van der Waals surface area contributed by atoms with Gasteiger partial charge in [0.25, 0.3) is 0 Å². The zero-order chi connectivity index (χ0) is 14.4. The monoisotopic (exact) mass is 287 g/mol. The molecule has 2 amide bonds. The number of benzene rings is 1. The third-order valence-electron chi connectivity index (χ3n) is 2.44. The maximum Gasteiger partial charge on any atom is 0.315 e. The number of thioether (sulfide) groups is 1. The van der Waals surface area contributed by atoms with E-state index in [0.717, 1.165) is 4.90 Å². The van der Waals surface area contributed by atoms with Crippen LogP contribution in [0.2, 0.25) is 0 Å². The molecule has 6 heteroatoms. The number of hydrogen-bond acceptors (Lipinski definition) is 4. The summed E-state index contributed by atoms with van der Waals surface area (Å²) in [6, 6.07) is 12.3. The first-order valence-electron chi connectivity index (χ1n) is 5.86. The van der Waals surface area contributed by atoms with Gasteiger partial charge in [-0.15, -0.1) is 11.8 Å². The van der Waals surface area contributed by atoms with Crippen molar-refractivity contribution in [2.75, 3.05) is 16.9 Å². The van der Waals surface area contributed by atoms with Crippen LogP contribution in [-0.2, 0) is 9.59 Å². The Bertz CT molecular complexity index is 617. The summed E-state index contributed by atoms with van der Waals surface area (Å²) < 4.78 is 0. The van der Waals surface area contributed by atoms with Crippen molar-refractivity contribution in [3.63, 3.8) is 0 Å². The second-order valence-corrected chi connectivity index (χ2v) is 4.73. The summed E-state index contributed by atoms with van der Waals surface area (Å²) in [6.45, 7) is 0. The zero-order valence-electron chi connectivity index (χ0n) is 10.8. The van der Waals surface area contributed by atoms with Gasteiger partial charge in [-0.05, 0) is 36.6 Å². The van der Waals surface area contributed by atoms with Crippen molar-refractivity contribution < 1.29 is 9.59 Å². The summed E-state index contributed by atoms with van der Waals surface area (Å²) in [5.74, 6) is -1.14. The fourth-order valence-corrected chi connectivity index (χ4v) is 1.96. The van der Waals surface area contributed by atoms with Gasteiger partial charge in [0.15, 0.2) is 0 Å². The minimum atomic E-state index is -0.752. The van der Waals surface area contributed by atoms with Crippen molar-refractivity contribution in [3.05, 3.63) is 48.7 Å². The number of aromatic nitrogens is 1. The lowest BCUT2D eigenvalue weighted by Crippen LogP contribution is -2.29. The average molecular weight is 287 g/mol. The van der Waals surface area contributed by atoms with Crippen LogP contribution in [-0.4, -0.2) is 23.1 Å². The number of carbonyl (C=O) groups is 2. The SMILES string of the molecule is CSc1cccc(NC(=O)C(=O)Nc2ccccn2)c1. The molecule has 20 heavy (non-hydrogen) atoms. The van der Waals surface area contributed by atoms with Gasteiger partial charge in [-0.25, -0.2) is 4.98 Å². The highest BCUT2D eigenvalue weighted by Gasteiger charge is 2.14. The fourth-order valence-electron chi connectivity index (χ4n) is 1.50. The summed E-state index contributed by atoms with van der Waals surface area (Å²) in [5.41, 5.74) is 0.582. The lowest BCUT2D eigenvalue weighted by molar-refractivity contribution is -0.133. The Morgan fingerprint density at radius 3 is 2.55 bits per heavy atom. The van der Waals surface area contributed by atoms with Crippen molar-refractivity contribution in [1.82, 2.24) is 4.98 Å². The van der Waals surface area contributed by atoms with Crippen molar-refractivity contribution in [3.8, 4) is 0 Å². The van der Waals surface area contributed by atoms with Crippen LogP contribution in [0, 0.1) is 0 Å². The first kappa shape index (κ1) is 14.1. The first-order valence-corrected chi connectivity index (χ1v) is 7.09. The number of rotatable bonds is 3. The maximum absolute atomic E-state index is 11.8. The largest absolute Gasteiger partial charge is 0.318 e. The Balaban J connectivity index is 1.99. The van der Waals surface area contributed by atoms with Crippen molar-refractivity contribution in [2.24, 2.45) is 0 Å². The second kappa shape index (κ2) is 6.72. The van der Waals surface area contributed by atoms with Crippen LogP contribution in [0.15, 0.2) is 53.6 Å². The highest BCUT2D eigenvalue weighted by Crippen LogP contribution is 2.18. The number of pyridine rings is 1. The van der Waals surface area contributed by atoms with Crippen LogP contribution >= 0.6 is 11.8 Å². The van der Waals surface area contributed by atoms with Gasteiger partial charge in [0.2, 0.25) is 0 Å². The Hall–Kier alpha value is -2.34. The number of carbonyl (C=O) groups excluding carboxylic acids is 2. The van der Waals surface area contributed by atoms with Crippen molar-refractivity contribution in [2.45, 2.75) is 4.90 Å². The minimum absolute atomic E-state index is 0.338. The summed E-state index contributed by atoms with van der Waals surface area (Å²) in [4.78, 5) is 28.4. The molecular weight excluding hydrogens is 274 g/mol.